The number of hydrogen-bond donors (Lipinski definition) is 1. The largest absolute Gasteiger partial charge is 0.351 e. The smallest absolute Gasteiger partial charge is 0.166 e. The van der Waals surface area contributed by atoms with E-state index in [1.807, 2.05) is 19.1 Å². The van der Waals surface area contributed by atoms with Crippen molar-refractivity contribution in [1.82, 2.24) is 4.98 Å². The second kappa shape index (κ2) is 4.06. The first kappa shape index (κ1) is 10.8. The maximum absolute atomic E-state index is 11.0. The minimum Gasteiger partial charge on any atom is -0.351 e. The fourth-order valence-corrected chi connectivity index (χ4v) is 2.54. The van der Waals surface area contributed by atoms with Crippen LogP contribution in [-0.2, 0) is 0 Å². The minimum atomic E-state index is 0.475. The highest BCUT2D eigenvalue weighted by atomic mass is 32.1. The van der Waals surface area contributed by atoms with Crippen LogP contribution in [0.5, 0.6) is 0 Å². The zero-order valence-corrected chi connectivity index (χ0v) is 9.85. The highest BCUT2D eigenvalue weighted by Gasteiger charge is 2.15. The lowest BCUT2D eigenvalue weighted by Crippen LogP contribution is -1.84. The fraction of sp³-hybridized carbons (Fsp3) is 0.167. The normalized spacial score (nSPS) is 10.4. The third kappa shape index (κ3) is 1.61. The van der Waals surface area contributed by atoms with Gasteiger partial charge in [-0.15, -0.1) is 11.3 Å². The highest BCUT2D eigenvalue weighted by Crippen LogP contribution is 2.31. The van der Waals surface area contributed by atoms with E-state index < -0.39 is 0 Å². The van der Waals surface area contributed by atoms with Crippen molar-refractivity contribution in [2.45, 2.75) is 13.8 Å². The summed E-state index contributed by atoms with van der Waals surface area (Å²) in [6, 6.07) is 3.94. The summed E-state index contributed by atoms with van der Waals surface area (Å²) in [5.74, 6) is 0. The zero-order chi connectivity index (χ0) is 11.7. The topological polar surface area (TPSA) is 49.9 Å². The van der Waals surface area contributed by atoms with Crippen LogP contribution >= 0.6 is 11.3 Å². The van der Waals surface area contributed by atoms with Crippen molar-refractivity contribution in [3.05, 3.63) is 33.8 Å². The van der Waals surface area contributed by atoms with E-state index in [9.17, 15) is 9.59 Å². The Morgan fingerprint density at radius 2 is 1.94 bits per heavy atom. The molecule has 2 rings (SSSR count). The van der Waals surface area contributed by atoms with E-state index in [1.54, 1.807) is 18.3 Å². The van der Waals surface area contributed by atoms with Crippen LogP contribution in [0.25, 0.3) is 10.6 Å². The minimum absolute atomic E-state index is 0.475. The summed E-state index contributed by atoms with van der Waals surface area (Å²) in [5.41, 5.74) is 2.51. The number of aromatic amines is 1. The van der Waals surface area contributed by atoms with Crippen LogP contribution in [0.1, 0.15) is 31.3 Å². The Labute approximate surface area is 97.1 Å². The standard InChI is InChI=1S/C12H11NO2S/c1-7-3-4-11(16-7)12-9(5-14)8(2)10(6-15)13-12/h3-6,13H,1-2H3. The number of aromatic nitrogens is 1. The van der Waals surface area contributed by atoms with Crippen LogP contribution in [-0.4, -0.2) is 17.6 Å². The number of nitrogens with one attached hydrogen (secondary N) is 1. The van der Waals surface area contributed by atoms with Crippen LogP contribution in [0.3, 0.4) is 0 Å². The molecule has 0 unspecified atom stereocenters. The summed E-state index contributed by atoms with van der Waals surface area (Å²) in [5, 5.41) is 0. The number of H-pyrrole nitrogens is 1. The van der Waals surface area contributed by atoms with Crippen molar-refractivity contribution in [3.8, 4) is 10.6 Å². The molecule has 2 aromatic rings. The number of carbonyl (C=O) groups excluding carboxylic acids is 2. The molecule has 0 saturated carbocycles. The molecule has 0 saturated heterocycles. The van der Waals surface area contributed by atoms with Gasteiger partial charge in [-0.2, -0.15) is 0 Å². The molecule has 0 aliphatic heterocycles. The molecule has 3 nitrogen and oxygen atoms in total. The van der Waals surface area contributed by atoms with Crippen molar-refractivity contribution in [2.75, 3.05) is 0 Å². The van der Waals surface area contributed by atoms with Gasteiger partial charge in [-0.25, -0.2) is 0 Å². The predicted molar refractivity (Wildman–Crippen MR) is 64.4 cm³/mol. The van der Waals surface area contributed by atoms with Crippen molar-refractivity contribution in [3.63, 3.8) is 0 Å². The summed E-state index contributed by atoms with van der Waals surface area (Å²) < 4.78 is 0. The number of rotatable bonds is 3. The first-order valence-corrected chi connectivity index (χ1v) is 5.68. The molecule has 0 fully saturated rings. The van der Waals surface area contributed by atoms with Crippen LogP contribution in [0.15, 0.2) is 12.1 Å². The Balaban J connectivity index is 2.64. The molecule has 0 bridgehead atoms. The molecule has 0 aliphatic rings. The van der Waals surface area contributed by atoms with Gasteiger partial charge in [0.15, 0.2) is 12.6 Å². The van der Waals surface area contributed by atoms with Gasteiger partial charge in [0.1, 0.15) is 0 Å². The quantitative estimate of drug-likeness (QED) is 0.828. The molecule has 1 N–H and O–H groups in total. The number of aryl methyl sites for hydroxylation is 1. The lowest BCUT2D eigenvalue weighted by atomic mass is 10.1. The molecule has 0 amide bonds. The SMILES string of the molecule is Cc1ccc(-c2[nH]c(C=O)c(C)c2C=O)s1. The molecule has 82 valence electrons. The number of hydrogen-bond acceptors (Lipinski definition) is 3. The van der Waals surface area contributed by atoms with Gasteiger partial charge in [-0.1, -0.05) is 0 Å². The Hall–Kier alpha value is -1.68. The van der Waals surface area contributed by atoms with Crippen LogP contribution in [0.2, 0.25) is 0 Å². The first-order valence-electron chi connectivity index (χ1n) is 4.87. The molecule has 0 atom stereocenters. The Kier molecular flexibility index (Phi) is 2.75. The van der Waals surface area contributed by atoms with Crippen LogP contribution in [0.4, 0.5) is 0 Å². The van der Waals surface area contributed by atoms with E-state index in [0.717, 1.165) is 23.1 Å². The summed E-state index contributed by atoms with van der Waals surface area (Å²) in [6.45, 7) is 3.78. The maximum Gasteiger partial charge on any atom is 0.166 e. The van der Waals surface area contributed by atoms with Crippen LogP contribution in [0, 0.1) is 13.8 Å². The third-order valence-corrected chi connectivity index (χ3v) is 3.58. The van der Waals surface area contributed by atoms with Crippen molar-refractivity contribution in [2.24, 2.45) is 0 Å². The Morgan fingerprint density at radius 3 is 2.44 bits per heavy atom. The predicted octanol–water partition coefficient (Wildman–Crippen LogP) is 2.99. The lowest BCUT2D eigenvalue weighted by molar-refractivity contribution is 0.111. The summed E-state index contributed by atoms with van der Waals surface area (Å²) in [6.07, 6.45) is 1.54. The van der Waals surface area contributed by atoms with Gasteiger partial charge >= 0.3 is 0 Å². The Morgan fingerprint density at radius 1 is 1.19 bits per heavy atom. The maximum atomic E-state index is 11.0. The van der Waals surface area contributed by atoms with E-state index in [-0.39, 0.29) is 0 Å². The molecular formula is C12H11NO2S. The second-order valence-electron chi connectivity index (χ2n) is 3.60. The molecule has 0 spiro atoms. The third-order valence-electron chi connectivity index (χ3n) is 2.56. The summed E-state index contributed by atoms with van der Waals surface area (Å²) in [4.78, 5) is 27.0. The number of thiophene rings is 1. The number of aldehydes is 2. The summed E-state index contributed by atoms with van der Waals surface area (Å²) >= 11 is 1.60. The first-order chi connectivity index (χ1) is 7.67. The molecule has 0 aliphatic carbocycles. The van der Waals surface area contributed by atoms with Crippen molar-refractivity contribution < 1.29 is 9.59 Å². The van der Waals surface area contributed by atoms with Gasteiger partial charge in [0, 0.05) is 10.4 Å². The van der Waals surface area contributed by atoms with Crippen molar-refractivity contribution in [1.29, 1.82) is 0 Å². The zero-order valence-electron chi connectivity index (χ0n) is 9.03. The fourth-order valence-electron chi connectivity index (χ4n) is 1.66. The van der Waals surface area contributed by atoms with Gasteiger partial charge in [0.2, 0.25) is 0 Å². The van der Waals surface area contributed by atoms with Gasteiger partial charge in [0.05, 0.1) is 16.3 Å². The van der Waals surface area contributed by atoms with E-state index >= 15 is 0 Å². The molecule has 2 heterocycles. The van der Waals surface area contributed by atoms with Crippen LogP contribution < -0.4 is 0 Å². The van der Waals surface area contributed by atoms with Gasteiger partial charge < -0.3 is 4.98 Å². The molecule has 0 aromatic carbocycles. The average molecular weight is 233 g/mol. The average Bonchev–Trinajstić information content (AvgIpc) is 2.82. The van der Waals surface area contributed by atoms with Gasteiger partial charge in [0.25, 0.3) is 0 Å². The van der Waals surface area contributed by atoms with E-state index in [2.05, 4.69) is 4.98 Å². The molecule has 2 aromatic heterocycles. The highest BCUT2D eigenvalue weighted by molar-refractivity contribution is 7.15. The molecule has 4 heteroatoms. The second-order valence-corrected chi connectivity index (χ2v) is 4.89. The number of carbonyl (C=O) groups is 2. The monoisotopic (exact) mass is 233 g/mol. The van der Waals surface area contributed by atoms with E-state index in [1.165, 1.54) is 4.88 Å². The molecule has 16 heavy (non-hydrogen) atoms. The van der Waals surface area contributed by atoms with Gasteiger partial charge in [-0.3, -0.25) is 9.59 Å². The lowest BCUT2D eigenvalue weighted by Gasteiger charge is -1.94. The van der Waals surface area contributed by atoms with E-state index in [0.29, 0.717) is 16.8 Å². The Bertz CT molecular complexity index is 551. The van der Waals surface area contributed by atoms with Gasteiger partial charge in [-0.05, 0) is 31.5 Å². The van der Waals surface area contributed by atoms with E-state index in [4.69, 9.17) is 0 Å². The molecular weight excluding hydrogens is 222 g/mol. The summed E-state index contributed by atoms with van der Waals surface area (Å²) in [7, 11) is 0. The van der Waals surface area contributed by atoms with Crippen molar-refractivity contribution >= 4 is 23.9 Å². The molecule has 0 radical (unpaired) electrons.